The molecule has 0 aromatic carbocycles. The first-order chi connectivity index (χ1) is 9.18. The van der Waals surface area contributed by atoms with Gasteiger partial charge in [0.05, 0.1) is 18.3 Å². The fourth-order valence-electron chi connectivity index (χ4n) is 2.26. The van der Waals surface area contributed by atoms with Gasteiger partial charge >= 0.3 is 0 Å². The molecule has 1 aromatic rings. The molecule has 0 saturated carbocycles. The topological polar surface area (TPSA) is 57.3 Å². The lowest BCUT2D eigenvalue weighted by Gasteiger charge is -2.31. The Morgan fingerprint density at radius 3 is 2.95 bits per heavy atom. The van der Waals surface area contributed by atoms with E-state index < -0.39 is 0 Å². The Balaban J connectivity index is 1.85. The maximum Gasteiger partial charge on any atom is 0.237 e. The fourth-order valence-corrected chi connectivity index (χ4v) is 2.26. The van der Waals surface area contributed by atoms with E-state index in [1.54, 1.807) is 6.20 Å². The number of nitrogens with one attached hydrogen (secondary N) is 2. The third-order valence-corrected chi connectivity index (χ3v) is 3.63. The zero-order valence-corrected chi connectivity index (χ0v) is 11.6. The number of carbonyl (C=O) groups excluding carboxylic acids is 1. The van der Waals surface area contributed by atoms with Crippen molar-refractivity contribution in [1.82, 2.24) is 20.5 Å². The number of rotatable bonds is 4. The summed E-state index contributed by atoms with van der Waals surface area (Å²) in [4.78, 5) is 18.6. The first-order valence-corrected chi connectivity index (χ1v) is 6.81. The van der Waals surface area contributed by atoms with Gasteiger partial charge in [0.15, 0.2) is 0 Å². The summed E-state index contributed by atoms with van der Waals surface area (Å²) in [5.74, 6) is 0.0759. The molecule has 104 valence electrons. The second kappa shape index (κ2) is 6.63. The third-order valence-electron chi connectivity index (χ3n) is 3.63. The van der Waals surface area contributed by atoms with Crippen LogP contribution in [-0.2, 0) is 11.3 Å². The summed E-state index contributed by atoms with van der Waals surface area (Å²) in [6, 6.07) is 3.84. The van der Waals surface area contributed by atoms with Gasteiger partial charge in [-0.2, -0.15) is 0 Å². The first-order valence-electron chi connectivity index (χ1n) is 6.81. The molecule has 2 heterocycles. The maximum atomic E-state index is 12.1. The van der Waals surface area contributed by atoms with Crippen molar-refractivity contribution in [3.05, 3.63) is 29.6 Å². The molecule has 0 bridgehead atoms. The van der Waals surface area contributed by atoms with Gasteiger partial charge in [0.1, 0.15) is 0 Å². The van der Waals surface area contributed by atoms with Gasteiger partial charge in [-0.25, -0.2) is 0 Å². The molecule has 1 aliphatic heterocycles. The highest BCUT2D eigenvalue weighted by atomic mass is 16.2. The third kappa shape index (κ3) is 3.75. The molecular formula is C14H22N4O. The molecule has 5 nitrogen and oxygen atoms in total. The lowest BCUT2D eigenvalue weighted by molar-refractivity contribution is -0.126. The Hall–Kier alpha value is -1.46. The van der Waals surface area contributed by atoms with Crippen LogP contribution >= 0.6 is 0 Å². The lowest BCUT2D eigenvalue weighted by atomic mass is 10.2. The Morgan fingerprint density at radius 2 is 2.26 bits per heavy atom. The van der Waals surface area contributed by atoms with E-state index in [0.717, 1.165) is 37.4 Å². The number of aryl methyl sites for hydroxylation is 1. The molecule has 2 N–H and O–H groups in total. The number of hydrogen-bond donors (Lipinski definition) is 2. The first kappa shape index (κ1) is 14.0. The van der Waals surface area contributed by atoms with Crippen LogP contribution in [0.4, 0.5) is 0 Å². The van der Waals surface area contributed by atoms with Gasteiger partial charge in [-0.3, -0.25) is 14.7 Å². The normalized spacial score (nSPS) is 18.0. The van der Waals surface area contributed by atoms with E-state index in [0.29, 0.717) is 6.54 Å². The van der Waals surface area contributed by atoms with Gasteiger partial charge in [0.25, 0.3) is 0 Å². The molecule has 1 amide bonds. The van der Waals surface area contributed by atoms with Crippen molar-refractivity contribution < 1.29 is 4.79 Å². The molecule has 0 aliphatic carbocycles. The van der Waals surface area contributed by atoms with Crippen LogP contribution in [0.5, 0.6) is 0 Å². The Bertz CT molecular complexity index is 429. The van der Waals surface area contributed by atoms with Crippen LogP contribution in [0.2, 0.25) is 0 Å². The van der Waals surface area contributed by atoms with Crippen molar-refractivity contribution >= 4 is 5.91 Å². The monoisotopic (exact) mass is 262 g/mol. The summed E-state index contributed by atoms with van der Waals surface area (Å²) in [7, 11) is 0. The van der Waals surface area contributed by atoms with Crippen LogP contribution in [-0.4, -0.2) is 48.0 Å². The van der Waals surface area contributed by atoms with Crippen LogP contribution < -0.4 is 10.6 Å². The van der Waals surface area contributed by atoms with E-state index in [4.69, 9.17) is 0 Å². The summed E-state index contributed by atoms with van der Waals surface area (Å²) < 4.78 is 0. The van der Waals surface area contributed by atoms with E-state index in [1.807, 2.05) is 26.0 Å². The zero-order chi connectivity index (χ0) is 13.7. The van der Waals surface area contributed by atoms with Gasteiger partial charge in [-0.05, 0) is 25.5 Å². The van der Waals surface area contributed by atoms with Crippen molar-refractivity contribution in [2.24, 2.45) is 0 Å². The summed E-state index contributed by atoms with van der Waals surface area (Å²) in [5, 5.41) is 6.26. The number of hydrogen-bond acceptors (Lipinski definition) is 4. The minimum Gasteiger partial charge on any atom is -0.349 e. The number of piperazine rings is 1. The molecule has 1 aliphatic rings. The average Bonchev–Trinajstić information content (AvgIpc) is 2.46. The Morgan fingerprint density at radius 1 is 1.53 bits per heavy atom. The highest BCUT2D eigenvalue weighted by Crippen LogP contribution is 2.04. The predicted molar refractivity (Wildman–Crippen MR) is 74.7 cm³/mol. The van der Waals surface area contributed by atoms with Crippen molar-refractivity contribution in [3.63, 3.8) is 0 Å². The summed E-state index contributed by atoms with van der Waals surface area (Å²) in [6.07, 6.45) is 1.76. The molecule has 19 heavy (non-hydrogen) atoms. The summed E-state index contributed by atoms with van der Waals surface area (Å²) in [5.41, 5.74) is 2.04. The summed E-state index contributed by atoms with van der Waals surface area (Å²) in [6.45, 7) is 8.24. The Labute approximate surface area is 114 Å². The number of aromatic nitrogens is 1. The van der Waals surface area contributed by atoms with Crippen LogP contribution in [0.15, 0.2) is 18.3 Å². The molecule has 1 aromatic heterocycles. The SMILES string of the molecule is Cc1cccnc1CNC(=O)C(C)N1CCNCC1. The predicted octanol–water partition coefficient (Wildman–Crippen LogP) is 0.300. The average molecular weight is 262 g/mol. The molecule has 5 heteroatoms. The van der Waals surface area contributed by atoms with Crippen LogP contribution in [0.25, 0.3) is 0 Å². The molecule has 1 unspecified atom stereocenters. The second-order valence-electron chi connectivity index (χ2n) is 4.95. The Kier molecular flexibility index (Phi) is 4.87. The smallest absolute Gasteiger partial charge is 0.237 e. The van der Waals surface area contributed by atoms with E-state index >= 15 is 0 Å². The molecule has 0 spiro atoms. The molecule has 1 saturated heterocycles. The van der Waals surface area contributed by atoms with Crippen molar-refractivity contribution in [2.75, 3.05) is 26.2 Å². The largest absolute Gasteiger partial charge is 0.349 e. The number of nitrogens with zero attached hydrogens (tertiary/aromatic N) is 2. The minimum atomic E-state index is -0.0777. The number of amides is 1. The van der Waals surface area contributed by atoms with Gasteiger partial charge in [0.2, 0.25) is 5.91 Å². The standard InChI is InChI=1S/C14H22N4O/c1-11-4-3-5-16-13(11)10-17-14(19)12(2)18-8-6-15-7-9-18/h3-5,12,15H,6-10H2,1-2H3,(H,17,19). The second-order valence-corrected chi connectivity index (χ2v) is 4.95. The number of pyridine rings is 1. The minimum absolute atomic E-state index is 0.0759. The molecule has 1 fully saturated rings. The van der Waals surface area contributed by atoms with Crippen molar-refractivity contribution in [1.29, 1.82) is 0 Å². The fraction of sp³-hybridized carbons (Fsp3) is 0.571. The van der Waals surface area contributed by atoms with E-state index in [1.165, 1.54) is 0 Å². The van der Waals surface area contributed by atoms with Gasteiger partial charge in [-0.15, -0.1) is 0 Å². The van der Waals surface area contributed by atoms with E-state index in [2.05, 4.69) is 20.5 Å². The molecule has 1 atom stereocenters. The van der Waals surface area contributed by atoms with Crippen molar-refractivity contribution in [2.45, 2.75) is 26.4 Å². The maximum absolute atomic E-state index is 12.1. The highest BCUT2D eigenvalue weighted by Gasteiger charge is 2.22. The van der Waals surface area contributed by atoms with Crippen LogP contribution in [0.3, 0.4) is 0 Å². The highest BCUT2D eigenvalue weighted by molar-refractivity contribution is 5.81. The number of carbonyl (C=O) groups is 1. The zero-order valence-electron chi connectivity index (χ0n) is 11.6. The van der Waals surface area contributed by atoms with E-state index in [-0.39, 0.29) is 11.9 Å². The molecular weight excluding hydrogens is 240 g/mol. The van der Waals surface area contributed by atoms with Gasteiger partial charge in [-0.1, -0.05) is 6.07 Å². The summed E-state index contributed by atoms with van der Waals surface area (Å²) >= 11 is 0. The molecule has 2 rings (SSSR count). The molecule has 0 radical (unpaired) electrons. The quantitative estimate of drug-likeness (QED) is 0.819. The van der Waals surface area contributed by atoms with E-state index in [9.17, 15) is 4.79 Å². The van der Waals surface area contributed by atoms with Crippen molar-refractivity contribution in [3.8, 4) is 0 Å². The van der Waals surface area contributed by atoms with Gasteiger partial charge < -0.3 is 10.6 Å². The van der Waals surface area contributed by atoms with Crippen LogP contribution in [0, 0.1) is 6.92 Å². The lowest BCUT2D eigenvalue weighted by Crippen LogP contribution is -2.52. The van der Waals surface area contributed by atoms with Gasteiger partial charge in [0, 0.05) is 32.4 Å². The van der Waals surface area contributed by atoms with Crippen LogP contribution in [0.1, 0.15) is 18.2 Å².